The third-order valence-electron chi connectivity index (χ3n) is 3.04. The van der Waals surface area contributed by atoms with Gasteiger partial charge < -0.3 is 4.90 Å². The lowest BCUT2D eigenvalue weighted by atomic mass is 10.2. The van der Waals surface area contributed by atoms with Gasteiger partial charge in [-0.3, -0.25) is 14.8 Å². The molecule has 6 nitrogen and oxygen atoms in total. The van der Waals surface area contributed by atoms with Gasteiger partial charge in [-0.05, 0) is 6.07 Å². The second-order valence-electron chi connectivity index (χ2n) is 4.30. The Labute approximate surface area is 103 Å². The molecule has 0 unspecified atom stereocenters. The topological polar surface area (TPSA) is 67.2 Å². The zero-order chi connectivity index (χ0) is 12.7. The highest BCUT2D eigenvalue weighted by Crippen LogP contribution is 2.19. The molecule has 1 saturated heterocycles. The van der Waals surface area contributed by atoms with Gasteiger partial charge in [-0.15, -0.1) is 0 Å². The quantitative estimate of drug-likeness (QED) is 0.788. The van der Waals surface area contributed by atoms with E-state index in [1.165, 1.54) is 4.90 Å². The lowest BCUT2D eigenvalue weighted by Gasteiger charge is -2.10. The summed E-state index contributed by atoms with van der Waals surface area (Å²) < 4.78 is 1.78. The SMILES string of the molecule is Cn1nc(CN2CC(=O)NC2=O)c2ccccc21. The lowest BCUT2D eigenvalue weighted by Crippen LogP contribution is -2.28. The van der Waals surface area contributed by atoms with Crippen LogP contribution in [0.2, 0.25) is 0 Å². The Balaban J connectivity index is 1.96. The molecule has 3 rings (SSSR count). The molecule has 0 atom stereocenters. The largest absolute Gasteiger partial charge is 0.324 e. The predicted octanol–water partition coefficient (Wildman–Crippen LogP) is 0.625. The van der Waals surface area contributed by atoms with Crippen molar-refractivity contribution in [3.8, 4) is 0 Å². The number of urea groups is 1. The van der Waals surface area contributed by atoms with Crippen molar-refractivity contribution in [2.24, 2.45) is 7.05 Å². The minimum Gasteiger partial charge on any atom is -0.309 e. The Bertz CT molecular complexity index is 647. The summed E-state index contributed by atoms with van der Waals surface area (Å²) >= 11 is 0. The molecule has 3 amide bonds. The summed E-state index contributed by atoms with van der Waals surface area (Å²) in [5.41, 5.74) is 1.82. The van der Waals surface area contributed by atoms with Crippen LogP contribution in [0.5, 0.6) is 0 Å². The van der Waals surface area contributed by atoms with Crippen LogP contribution < -0.4 is 5.32 Å². The predicted molar refractivity (Wildman–Crippen MR) is 64.7 cm³/mol. The van der Waals surface area contributed by atoms with Crippen LogP contribution in [0.25, 0.3) is 10.9 Å². The number of carbonyl (C=O) groups excluding carboxylic acids is 2. The molecule has 0 bridgehead atoms. The van der Waals surface area contributed by atoms with E-state index in [2.05, 4.69) is 10.4 Å². The van der Waals surface area contributed by atoms with Crippen LogP contribution in [0.1, 0.15) is 5.69 Å². The zero-order valence-electron chi connectivity index (χ0n) is 9.88. The van der Waals surface area contributed by atoms with Gasteiger partial charge in [-0.1, -0.05) is 18.2 Å². The van der Waals surface area contributed by atoms with Crippen LogP contribution in [0.3, 0.4) is 0 Å². The number of aromatic nitrogens is 2. The Morgan fingerprint density at radius 1 is 1.33 bits per heavy atom. The third-order valence-corrected chi connectivity index (χ3v) is 3.04. The Morgan fingerprint density at radius 2 is 2.11 bits per heavy atom. The number of para-hydroxylation sites is 1. The minimum absolute atomic E-state index is 0.101. The molecule has 6 heteroatoms. The van der Waals surface area contributed by atoms with Gasteiger partial charge in [0.05, 0.1) is 17.8 Å². The van der Waals surface area contributed by atoms with Crippen LogP contribution in [0.15, 0.2) is 24.3 Å². The molecular formula is C12H12N4O2. The number of fused-ring (bicyclic) bond motifs is 1. The van der Waals surface area contributed by atoms with E-state index >= 15 is 0 Å². The monoisotopic (exact) mass is 244 g/mol. The van der Waals surface area contributed by atoms with Crippen molar-refractivity contribution >= 4 is 22.8 Å². The van der Waals surface area contributed by atoms with E-state index in [0.717, 1.165) is 16.6 Å². The van der Waals surface area contributed by atoms with Gasteiger partial charge in [-0.2, -0.15) is 5.10 Å². The number of hydrogen-bond acceptors (Lipinski definition) is 3. The summed E-state index contributed by atoms with van der Waals surface area (Å²) in [5, 5.41) is 7.66. The van der Waals surface area contributed by atoms with Crippen molar-refractivity contribution in [2.45, 2.75) is 6.54 Å². The van der Waals surface area contributed by atoms with E-state index in [1.807, 2.05) is 31.3 Å². The van der Waals surface area contributed by atoms with E-state index in [-0.39, 0.29) is 18.5 Å². The number of hydrogen-bond donors (Lipinski definition) is 1. The normalized spacial score (nSPS) is 15.5. The molecule has 0 aliphatic carbocycles. The molecule has 2 heterocycles. The number of rotatable bonds is 2. The second kappa shape index (κ2) is 3.83. The first kappa shape index (κ1) is 10.8. The standard InChI is InChI=1S/C12H12N4O2/c1-15-10-5-3-2-4-8(10)9(14-15)6-16-7-11(17)13-12(16)18/h2-5H,6-7H2,1H3,(H,13,17,18). The maximum Gasteiger partial charge on any atom is 0.324 e. The van der Waals surface area contributed by atoms with Crippen LogP contribution >= 0.6 is 0 Å². The van der Waals surface area contributed by atoms with E-state index in [9.17, 15) is 9.59 Å². The molecule has 92 valence electrons. The molecule has 0 spiro atoms. The molecule has 1 aromatic heterocycles. The number of amides is 3. The van der Waals surface area contributed by atoms with Crippen molar-refractivity contribution in [3.05, 3.63) is 30.0 Å². The van der Waals surface area contributed by atoms with Crippen LogP contribution in [0, 0.1) is 0 Å². The minimum atomic E-state index is -0.352. The van der Waals surface area contributed by atoms with Crippen LogP contribution in [-0.4, -0.2) is 33.2 Å². The molecule has 1 aromatic carbocycles. The summed E-state index contributed by atoms with van der Waals surface area (Å²) in [5.74, 6) is -0.264. The average Bonchev–Trinajstić information content (AvgIpc) is 2.82. The van der Waals surface area contributed by atoms with Crippen molar-refractivity contribution in [2.75, 3.05) is 6.54 Å². The fraction of sp³-hybridized carbons (Fsp3) is 0.250. The average molecular weight is 244 g/mol. The highest BCUT2D eigenvalue weighted by Gasteiger charge is 2.27. The van der Waals surface area contributed by atoms with Gasteiger partial charge in [0, 0.05) is 12.4 Å². The Morgan fingerprint density at radius 3 is 2.83 bits per heavy atom. The molecular weight excluding hydrogens is 232 g/mol. The molecule has 1 fully saturated rings. The number of imide groups is 1. The lowest BCUT2D eigenvalue weighted by molar-refractivity contribution is -0.118. The maximum atomic E-state index is 11.5. The molecule has 1 aliphatic rings. The van der Waals surface area contributed by atoms with Crippen molar-refractivity contribution in [1.29, 1.82) is 0 Å². The fourth-order valence-electron chi connectivity index (χ4n) is 2.20. The molecule has 1 aliphatic heterocycles. The van der Waals surface area contributed by atoms with Crippen LogP contribution in [-0.2, 0) is 18.4 Å². The van der Waals surface area contributed by atoms with Gasteiger partial charge in [-0.25, -0.2) is 4.79 Å². The van der Waals surface area contributed by atoms with Crippen molar-refractivity contribution < 1.29 is 9.59 Å². The maximum absolute atomic E-state index is 11.5. The molecule has 0 radical (unpaired) electrons. The molecule has 1 N–H and O–H groups in total. The van der Waals surface area contributed by atoms with E-state index < -0.39 is 0 Å². The number of nitrogens with one attached hydrogen (secondary N) is 1. The summed E-state index contributed by atoms with van der Waals surface area (Å²) in [4.78, 5) is 24.1. The highest BCUT2D eigenvalue weighted by molar-refractivity contribution is 6.02. The number of aryl methyl sites for hydroxylation is 1. The van der Waals surface area contributed by atoms with Crippen molar-refractivity contribution in [3.63, 3.8) is 0 Å². The fourth-order valence-corrected chi connectivity index (χ4v) is 2.20. The van der Waals surface area contributed by atoms with Gasteiger partial charge in [0.1, 0.15) is 6.54 Å². The highest BCUT2D eigenvalue weighted by atomic mass is 16.2. The number of carbonyl (C=O) groups is 2. The van der Waals surface area contributed by atoms with E-state index in [0.29, 0.717) is 6.54 Å². The summed E-state index contributed by atoms with van der Waals surface area (Å²) in [6.45, 7) is 0.447. The van der Waals surface area contributed by atoms with Gasteiger partial charge in [0.15, 0.2) is 0 Å². The zero-order valence-corrected chi connectivity index (χ0v) is 9.88. The van der Waals surface area contributed by atoms with E-state index in [4.69, 9.17) is 0 Å². The van der Waals surface area contributed by atoms with Crippen LogP contribution in [0.4, 0.5) is 4.79 Å². The van der Waals surface area contributed by atoms with Crippen molar-refractivity contribution in [1.82, 2.24) is 20.0 Å². The number of nitrogens with zero attached hydrogens (tertiary/aromatic N) is 3. The third kappa shape index (κ3) is 1.62. The molecule has 2 aromatic rings. The van der Waals surface area contributed by atoms with Gasteiger partial charge in [0.25, 0.3) is 0 Å². The Hall–Kier alpha value is -2.37. The van der Waals surface area contributed by atoms with Gasteiger partial charge >= 0.3 is 6.03 Å². The number of benzene rings is 1. The Kier molecular flexibility index (Phi) is 2.29. The van der Waals surface area contributed by atoms with Gasteiger partial charge in [0.2, 0.25) is 5.91 Å². The molecule has 18 heavy (non-hydrogen) atoms. The molecule has 0 saturated carbocycles. The summed E-state index contributed by atoms with van der Waals surface area (Å²) in [6, 6.07) is 7.46. The van der Waals surface area contributed by atoms with E-state index in [1.54, 1.807) is 4.68 Å². The smallest absolute Gasteiger partial charge is 0.309 e. The first-order chi connectivity index (χ1) is 8.65. The first-order valence-electron chi connectivity index (χ1n) is 5.64. The second-order valence-corrected chi connectivity index (χ2v) is 4.30. The summed E-state index contributed by atoms with van der Waals surface area (Å²) in [7, 11) is 1.86. The first-order valence-corrected chi connectivity index (χ1v) is 5.64. The summed E-state index contributed by atoms with van der Waals surface area (Å²) in [6.07, 6.45) is 0.